The summed E-state index contributed by atoms with van der Waals surface area (Å²) in [6, 6.07) is 0. The highest BCUT2D eigenvalue weighted by atomic mass is 16.3. The third-order valence-electron chi connectivity index (χ3n) is 1.000. The molecule has 56 valence electrons. The average molecular weight is 142 g/mol. The molecular formula is C5H10N4O. The summed E-state index contributed by atoms with van der Waals surface area (Å²) in [5.41, 5.74) is 5.33. The molecule has 0 aliphatic rings. The molecule has 0 radical (unpaired) electrons. The Balaban J connectivity index is 2.42. The van der Waals surface area contributed by atoms with E-state index in [1.807, 2.05) is 0 Å². The number of H-pyrrole nitrogens is 1. The van der Waals surface area contributed by atoms with Gasteiger partial charge in [0.25, 0.3) is 0 Å². The van der Waals surface area contributed by atoms with Crippen LogP contribution in [-0.4, -0.2) is 28.2 Å². The van der Waals surface area contributed by atoms with Crippen LogP contribution in [0.25, 0.3) is 0 Å². The van der Waals surface area contributed by atoms with Crippen LogP contribution in [-0.2, 0) is 0 Å². The number of hydrogen-bond acceptors (Lipinski definition) is 4. The zero-order valence-electron chi connectivity index (χ0n) is 5.46. The van der Waals surface area contributed by atoms with E-state index in [1.165, 1.54) is 6.20 Å². The summed E-state index contributed by atoms with van der Waals surface area (Å²) < 4.78 is 0. The maximum atomic E-state index is 8.40. The molecule has 0 saturated heterocycles. The zero-order chi connectivity index (χ0) is 7.40. The van der Waals surface area contributed by atoms with Crippen molar-refractivity contribution in [2.45, 2.75) is 0 Å². The van der Waals surface area contributed by atoms with Gasteiger partial charge in [0.05, 0.1) is 12.8 Å². The van der Waals surface area contributed by atoms with E-state index < -0.39 is 0 Å². The van der Waals surface area contributed by atoms with Crippen LogP contribution >= 0.6 is 0 Å². The van der Waals surface area contributed by atoms with E-state index in [0.29, 0.717) is 18.3 Å². The van der Waals surface area contributed by atoms with Gasteiger partial charge < -0.3 is 21.1 Å². The molecule has 10 heavy (non-hydrogen) atoms. The van der Waals surface area contributed by atoms with Crippen LogP contribution in [0.1, 0.15) is 0 Å². The van der Waals surface area contributed by atoms with Gasteiger partial charge in [-0.1, -0.05) is 0 Å². The second-order valence-electron chi connectivity index (χ2n) is 1.84. The van der Waals surface area contributed by atoms with Gasteiger partial charge in [-0.2, -0.15) is 0 Å². The van der Waals surface area contributed by atoms with Crippen LogP contribution in [0.4, 0.5) is 11.8 Å². The van der Waals surface area contributed by atoms with Crippen molar-refractivity contribution in [2.24, 2.45) is 0 Å². The number of imidazole rings is 1. The SMILES string of the molecule is Nc1cnc(NCCO)[nH]1. The minimum Gasteiger partial charge on any atom is -0.395 e. The van der Waals surface area contributed by atoms with Gasteiger partial charge in [-0.15, -0.1) is 0 Å². The maximum Gasteiger partial charge on any atom is 0.201 e. The summed E-state index contributed by atoms with van der Waals surface area (Å²) >= 11 is 0. The van der Waals surface area contributed by atoms with Crippen molar-refractivity contribution in [1.82, 2.24) is 9.97 Å². The van der Waals surface area contributed by atoms with Crippen molar-refractivity contribution in [3.8, 4) is 0 Å². The minimum absolute atomic E-state index is 0.0839. The number of anilines is 2. The van der Waals surface area contributed by atoms with Crippen LogP contribution in [0.15, 0.2) is 6.20 Å². The summed E-state index contributed by atoms with van der Waals surface area (Å²) in [5, 5.41) is 11.2. The fourth-order valence-corrected chi connectivity index (χ4v) is 0.600. The molecular weight excluding hydrogens is 132 g/mol. The van der Waals surface area contributed by atoms with E-state index in [0.717, 1.165) is 0 Å². The third-order valence-corrected chi connectivity index (χ3v) is 1.000. The van der Waals surface area contributed by atoms with Crippen LogP contribution < -0.4 is 11.1 Å². The lowest BCUT2D eigenvalue weighted by Gasteiger charge is -1.96. The number of aliphatic hydroxyl groups is 1. The first-order valence-corrected chi connectivity index (χ1v) is 2.98. The predicted molar refractivity (Wildman–Crippen MR) is 38.6 cm³/mol. The van der Waals surface area contributed by atoms with Gasteiger partial charge in [0, 0.05) is 6.54 Å². The van der Waals surface area contributed by atoms with Crippen molar-refractivity contribution >= 4 is 11.8 Å². The molecule has 0 unspecified atom stereocenters. The van der Waals surface area contributed by atoms with Crippen molar-refractivity contribution in [3.05, 3.63) is 6.20 Å². The zero-order valence-corrected chi connectivity index (χ0v) is 5.46. The van der Waals surface area contributed by atoms with Crippen LogP contribution in [0.5, 0.6) is 0 Å². The fraction of sp³-hybridized carbons (Fsp3) is 0.400. The molecule has 0 bridgehead atoms. The monoisotopic (exact) mass is 142 g/mol. The Labute approximate surface area is 58.3 Å². The van der Waals surface area contributed by atoms with E-state index >= 15 is 0 Å². The maximum absolute atomic E-state index is 8.40. The number of nitrogen functional groups attached to an aromatic ring is 1. The number of aromatic amines is 1. The van der Waals surface area contributed by atoms with Crippen LogP contribution in [0.2, 0.25) is 0 Å². The Kier molecular flexibility index (Phi) is 2.11. The molecule has 1 rings (SSSR count). The molecule has 0 amide bonds. The second kappa shape index (κ2) is 3.07. The average Bonchev–Trinajstić information content (AvgIpc) is 2.31. The van der Waals surface area contributed by atoms with Gasteiger partial charge in [0.2, 0.25) is 5.95 Å². The quantitative estimate of drug-likeness (QED) is 0.453. The summed E-state index contributed by atoms with van der Waals surface area (Å²) in [5.74, 6) is 1.10. The molecule has 0 aliphatic heterocycles. The summed E-state index contributed by atoms with van der Waals surface area (Å²) in [4.78, 5) is 6.61. The normalized spacial score (nSPS) is 9.70. The number of rotatable bonds is 3. The molecule has 0 spiro atoms. The Bertz CT molecular complexity index is 197. The van der Waals surface area contributed by atoms with E-state index in [4.69, 9.17) is 10.8 Å². The molecule has 1 aromatic rings. The standard InChI is InChI=1S/C5H10N4O/c6-4-3-8-5(9-4)7-1-2-10/h3,10H,1-2,6H2,(H2,7,8,9). The lowest BCUT2D eigenvalue weighted by molar-refractivity contribution is 0.311. The van der Waals surface area contributed by atoms with Crippen molar-refractivity contribution in [2.75, 3.05) is 24.2 Å². The van der Waals surface area contributed by atoms with Crippen molar-refractivity contribution < 1.29 is 5.11 Å². The summed E-state index contributed by atoms with van der Waals surface area (Å²) in [6.07, 6.45) is 1.51. The van der Waals surface area contributed by atoms with Gasteiger partial charge in [-0.3, -0.25) is 0 Å². The molecule has 5 heteroatoms. The van der Waals surface area contributed by atoms with Gasteiger partial charge in [-0.25, -0.2) is 4.98 Å². The van der Waals surface area contributed by atoms with Crippen molar-refractivity contribution in [1.29, 1.82) is 0 Å². The molecule has 0 fully saturated rings. The number of aliphatic hydroxyl groups excluding tert-OH is 1. The Hall–Kier alpha value is -1.23. The van der Waals surface area contributed by atoms with E-state index in [2.05, 4.69) is 15.3 Å². The first kappa shape index (κ1) is 6.88. The Morgan fingerprint density at radius 1 is 1.80 bits per heavy atom. The second-order valence-corrected chi connectivity index (χ2v) is 1.84. The molecule has 1 heterocycles. The smallest absolute Gasteiger partial charge is 0.201 e. The van der Waals surface area contributed by atoms with Gasteiger partial charge in [0.15, 0.2) is 0 Å². The topological polar surface area (TPSA) is 87.0 Å². The first-order valence-electron chi connectivity index (χ1n) is 2.98. The molecule has 0 aliphatic carbocycles. The number of hydrogen-bond donors (Lipinski definition) is 4. The van der Waals surface area contributed by atoms with Crippen LogP contribution in [0, 0.1) is 0 Å². The van der Waals surface area contributed by atoms with E-state index in [1.54, 1.807) is 0 Å². The Morgan fingerprint density at radius 2 is 2.60 bits per heavy atom. The first-order chi connectivity index (χ1) is 4.83. The highest BCUT2D eigenvalue weighted by molar-refractivity contribution is 5.36. The molecule has 0 aromatic carbocycles. The number of nitrogens with two attached hydrogens (primary N) is 1. The van der Waals surface area contributed by atoms with E-state index in [-0.39, 0.29) is 6.61 Å². The molecule has 0 atom stereocenters. The molecule has 5 N–H and O–H groups in total. The molecule has 5 nitrogen and oxygen atoms in total. The fourth-order valence-electron chi connectivity index (χ4n) is 0.600. The lowest BCUT2D eigenvalue weighted by atomic mass is 10.7. The summed E-state index contributed by atoms with van der Waals surface area (Å²) in [7, 11) is 0. The largest absolute Gasteiger partial charge is 0.395 e. The van der Waals surface area contributed by atoms with Gasteiger partial charge in [0.1, 0.15) is 5.82 Å². The predicted octanol–water partition coefficient (Wildman–Crippen LogP) is -0.604. The van der Waals surface area contributed by atoms with Gasteiger partial charge in [-0.05, 0) is 0 Å². The van der Waals surface area contributed by atoms with E-state index in [9.17, 15) is 0 Å². The lowest BCUT2D eigenvalue weighted by Crippen LogP contribution is -2.06. The molecule has 1 aromatic heterocycles. The van der Waals surface area contributed by atoms with Crippen LogP contribution in [0.3, 0.4) is 0 Å². The highest BCUT2D eigenvalue weighted by Gasteiger charge is 1.92. The number of nitrogens with zero attached hydrogens (tertiary/aromatic N) is 1. The highest BCUT2D eigenvalue weighted by Crippen LogP contribution is 2.00. The summed E-state index contributed by atoms with van der Waals surface area (Å²) in [6.45, 7) is 0.563. The third kappa shape index (κ3) is 1.63. The van der Waals surface area contributed by atoms with Crippen molar-refractivity contribution in [3.63, 3.8) is 0 Å². The number of nitrogens with one attached hydrogen (secondary N) is 2. The number of aromatic nitrogens is 2. The van der Waals surface area contributed by atoms with Gasteiger partial charge >= 0.3 is 0 Å². The minimum atomic E-state index is 0.0839. The Morgan fingerprint density at radius 3 is 3.10 bits per heavy atom. The molecule has 0 saturated carbocycles.